The first-order valence-electron chi connectivity index (χ1n) is 7.93. The Morgan fingerprint density at radius 1 is 1.08 bits per heavy atom. The van der Waals surface area contributed by atoms with Crippen LogP contribution in [-0.2, 0) is 4.79 Å². The average molecular weight is 325 g/mol. The van der Waals surface area contributed by atoms with E-state index in [9.17, 15) is 14.7 Å². The second-order valence-corrected chi connectivity index (χ2v) is 5.92. The zero-order valence-electron chi connectivity index (χ0n) is 13.4. The number of nitrogens with zero attached hydrogens (tertiary/aromatic N) is 1. The highest BCUT2D eigenvalue weighted by molar-refractivity contribution is 5.95. The van der Waals surface area contributed by atoms with Gasteiger partial charge in [0.2, 0.25) is 0 Å². The maximum absolute atomic E-state index is 12.7. The molecule has 0 radical (unpaired) electrons. The number of aliphatic carboxylic acids is 1. The van der Waals surface area contributed by atoms with Crippen LogP contribution in [0.4, 0.5) is 0 Å². The number of rotatable bonds is 4. The Labute approximate surface area is 140 Å². The van der Waals surface area contributed by atoms with Gasteiger partial charge in [-0.05, 0) is 43.7 Å². The third-order valence-electron chi connectivity index (χ3n) is 4.39. The maximum atomic E-state index is 12.7. The molecule has 1 N–H and O–H groups in total. The van der Waals surface area contributed by atoms with Gasteiger partial charge in [0.15, 0.2) is 0 Å². The SMILES string of the molecule is CC1C(C(=O)O)CCN1C(=O)c1cccc(Oc2ccccc2)c1. The van der Waals surface area contributed by atoms with Crippen LogP contribution in [0.3, 0.4) is 0 Å². The largest absolute Gasteiger partial charge is 0.481 e. The lowest BCUT2D eigenvalue weighted by Gasteiger charge is -2.23. The number of carboxylic acid groups (broad SMARTS) is 1. The van der Waals surface area contributed by atoms with E-state index in [0.29, 0.717) is 30.0 Å². The van der Waals surface area contributed by atoms with E-state index in [1.807, 2.05) is 30.3 Å². The van der Waals surface area contributed by atoms with Crippen molar-refractivity contribution in [2.24, 2.45) is 5.92 Å². The molecule has 24 heavy (non-hydrogen) atoms. The Morgan fingerprint density at radius 3 is 2.46 bits per heavy atom. The number of amides is 1. The maximum Gasteiger partial charge on any atom is 0.308 e. The minimum absolute atomic E-state index is 0.162. The Hall–Kier alpha value is -2.82. The summed E-state index contributed by atoms with van der Waals surface area (Å²) in [7, 11) is 0. The number of hydrogen-bond acceptors (Lipinski definition) is 3. The fourth-order valence-corrected chi connectivity index (χ4v) is 3.04. The molecule has 1 heterocycles. The molecule has 0 aliphatic carbocycles. The fourth-order valence-electron chi connectivity index (χ4n) is 3.04. The van der Waals surface area contributed by atoms with Gasteiger partial charge in [0.1, 0.15) is 11.5 Å². The summed E-state index contributed by atoms with van der Waals surface area (Å²) in [5, 5.41) is 9.20. The monoisotopic (exact) mass is 325 g/mol. The molecule has 5 nitrogen and oxygen atoms in total. The summed E-state index contributed by atoms with van der Waals surface area (Å²) in [6, 6.07) is 16.0. The Morgan fingerprint density at radius 2 is 1.79 bits per heavy atom. The number of hydrogen-bond donors (Lipinski definition) is 1. The van der Waals surface area contributed by atoms with Crippen LogP contribution >= 0.6 is 0 Å². The predicted octanol–water partition coefficient (Wildman–Crippen LogP) is 3.41. The summed E-state index contributed by atoms with van der Waals surface area (Å²) in [4.78, 5) is 25.5. The van der Waals surface area contributed by atoms with Crippen LogP contribution in [0.25, 0.3) is 0 Å². The van der Waals surface area contributed by atoms with Crippen molar-refractivity contribution in [3.8, 4) is 11.5 Å². The first-order chi connectivity index (χ1) is 11.6. The van der Waals surface area contributed by atoms with Gasteiger partial charge in [0.05, 0.1) is 5.92 Å². The first kappa shape index (κ1) is 16.1. The van der Waals surface area contributed by atoms with Crippen LogP contribution in [-0.4, -0.2) is 34.5 Å². The molecule has 2 aromatic rings. The summed E-state index contributed by atoms with van der Waals surface area (Å²) in [6.07, 6.45) is 0.489. The highest BCUT2D eigenvalue weighted by atomic mass is 16.5. The van der Waals surface area contributed by atoms with Crippen molar-refractivity contribution in [1.29, 1.82) is 0 Å². The number of para-hydroxylation sites is 1. The first-order valence-corrected chi connectivity index (χ1v) is 7.93. The third kappa shape index (κ3) is 3.25. The highest BCUT2D eigenvalue weighted by Gasteiger charge is 2.38. The van der Waals surface area contributed by atoms with E-state index in [1.165, 1.54) is 0 Å². The third-order valence-corrected chi connectivity index (χ3v) is 4.39. The van der Waals surface area contributed by atoms with Crippen molar-refractivity contribution in [1.82, 2.24) is 4.90 Å². The van der Waals surface area contributed by atoms with Gasteiger partial charge in [0.25, 0.3) is 5.91 Å². The molecule has 5 heteroatoms. The molecular weight excluding hydrogens is 306 g/mol. The van der Waals surface area contributed by atoms with Crippen molar-refractivity contribution < 1.29 is 19.4 Å². The highest BCUT2D eigenvalue weighted by Crippen LogP contribution is 2.28. The zero-order valence-corrected chi connectivity index (χ0v) is 13.4. The van der Waals surface area contributed by atoms with E-state index < -0.39 is 11.9 Å². The molecule has 0 aromatic heterocycles. The fraction of sp³-hybridized carbons (Fsp3) is 0.263. The summed E-state index contributed by atoms with van der Waals surface area (Å²) < 4.78 is 5.75. The number of likely N-dealkylation sites (tertiary alicyclic amines) is 1. The van der Waals surface area contributed by atoms with Gasteiger partial charge in [-0.1, -0.05) is 24.3 Å². The zero-order chi connectivity index (χ0) is 17.1. The van der Waals surface area contributed by atoms with E-state index >= 15 is 0 Å². The van der Waals surface area contributed by atoms with Crippen molar-refractivity contribution in [3.05, 3.63) is 60.2 Å². The normalized spacial score (nSPS) is 20.0. The second-order valence-electron chi connectivity index (χ2n) is 5.92. The average Bonchev–Trinajstić information content (AvgIpc) is 2.97. The predicted molar refractivity (Wildman–Crippen MR) is 89.2 cm³/mol. The number of benzene rings is 2. The lowest BCUT2D eigenvalue weighted by molar-refractivity contribution is -0.142. The Balaban J connectivity index is 1.76. The van der Waals surface area contributed by atoms with Crippen LogP contribution in [0.2, 0.25) is 0 Å². The number of ether oxygens (including phenoxy) is 1. The minimum atomic E-state index is -0.848. The lowest BCUT2D eigenvalue weighted by atomic mass is 10.0. The second kappa shape index (κ2) is 6.74. The molecule has 1 aliphatic heterocycles. The van der Waals surface area contributed by atoms with Crippen molar-refractivity contribution in [3.63, 3.8) is 0 Å². The number of carbonyl (C=O) groups is 2. The van der Waals surface area contributed by atoms with Crippen molar-refractivity contribution in [2.45, 2.75) is 19.4 Å². The van der Waals surface area contributed by atoms with Gasteiger partial charge in [-0.3, -0.25) is 9.59 Å². The molecular formula is C19H19NO4. The van der Waals surface area contributed by atoms with Crippen molar-refractivity contribution in [2.75, 3.05) is 6.54 Å². The molecule has 1 amide bonds. The number of carboxylic acids is 1. The van der Waals surface area contributed by atoms with Gasteiger partial charge in [-0.25, -0.2) is 0 Å². The van der Waals surface area contributed by atoms with Gasteiger partial charge in [-0.15, -0.1) is 0 Å². The Kier molecular flexibility index (Phi) is 4.51. The summed E-state index contributed by atoms with van der Waals surface area (Å²) in [6.45, 7) is 2.24. The number of carbonyl (C=O) groups excluding carboxylic acids is 1. The van der Waals surface area contributed by atoms with E-state index in [2.05, 4.69) is 0 Å². The lowest BCUT2D eigenvalue weighted by Crippen LogP contribution is -2.37. The molecule has 1 aliphatic rings. The molecule has 2 atom stereocenters. The summed E-state index contributed by atoms with van der Waals surface area (Å²) >= 11 is 0. The van der Waals surface area contributed by atoms with E-state index in [-0.39, 0.29) is 11.9 Å². The minimum Gasteiger partial charge on any atom is -0.481 e. The van der Waals surface area contributed by atoms with Crippen LogP contribution in [0, 0.1) is 5.92 Å². The van der Waals surface area contributed by atoms with Crippen LogP contribution < -0.4 is 4.74 Å². The standard InChI is InChI=1S/C19H19NO4/c1-13-17(19(22)23)10-11-20(13)18(21)14-6-5-9-16(12-14)24-15-7-3-2-4-8-15/h2-9,12-13,17H,10-11H2,1H3,(H,22,23). The van der Waals surface area contributed by atoms with Gasteiger partial charge < -0.3 is 14.7 Å². The van der Waals surface area contributed by atoms with E-state index in [4.69, 9.17) is 4.74 Å². The van der Waals surface area contributed by atoms with E-state index in [1.54, 1.807) is 36.1 Å². The molecule has 2 unspecified atom stereocenters. The molecule has 2 aromatic carbocycles. The smallest absolute Gasteiger partial charge is 0.308 e. The Bertz CT molecular complexity index is 744. The quantitative estimate of drug-likeness (QED) is 0.935. The topological polar surface area (TPSA) is 66.8 Å². The van der Waals surface area contributed by atoms with Crippen molar-refractivity contribution >= 4 is 11.9 Å². The molecule has 1 saturated heterocycles. The van der Waals surface area contributed by atoms with E-state index in [0.717, 1.165) is 0 Å². The molecule has 124 valence electrons. The van der Waals surface area contributed by atoms with Gasteiger partial charge in [0, 0.05) is 18.2 Å². The van der Waals surface area contributed by atoms with Gasteiger partial charge in [-0.2, -0.15) is 0 Å². The van der Waals surface area contributed by atoms with Crippen LogP contribution in [0.15, 0.2) is 54.6 Å². The molecule has 0 saturated carbocycles. The van der Waals surface area contributed by atoms with Gasteiger partial charge >= 0.3 is 5.97 Å². The van der Waals surface area contributed by atoms with Crippen LogP contribution in [0.1, 0.15) is 23.7 Å². The molecule has 3 rings (SSSR count). The summed E-state index contributed by atoms with van der Waals surface area (Å²) in [5.41, 5.74) is 0.501. The van der Waals surface area contributed by atoms with Crippen LogP contribution in [0.5, 0.6) is 11.5 Å². The molecule has 0 bridgehead atoms. The molecule has 0 spiro atoms. The molecule has 1 fully saturated rings. The summed E-state index contributed by atoms with van der Waals surface area (Å²) in [5.74, 6) is -0.238.